The Labute approximate surface area is 185 Å². The van der Waals surface area contributed by atoms with Gasteiger partial charge in [0.1, 0.15) is 0 Å². The third-order valence-corrected chi connectivity index (χ3v) is 5.31. The van der Waals surface area contributed by atoms with E-state index in [0.717, 1.165) is 24.5 Å². The van der Waals surface area contributed by atoms with Crippen LogP contribution in [0.4, 0.5) is 10.1 Å². The summed E-state index contributed by atoms with van der Waals surface area (Å²) in [6, 6.07) is 13.3. The predicted molar refractivity (Wildman–Crippen MR) is 117 cm³/mol. The number of hydrogen-bond donors (Lipinski definition) is 2. The molecule has 0 aliphatic carbocycles. The molecule has 1 aliphatic heterocycles. The third-order valence-electron chi connectivity index (χ3n) is 5.31. The first-order valence-electron chi connectivity index (χ1n) is 10.3. The van der Waals surface area contributed by atoms with Crippen LogP contribution >= 0.6 is 0 Å². The molecule has 8 heteroatoms. The molecule has 1 fully saturated rings. The molecule has 168 valence electrons. The van der Waals surface area contributed by atoms with Crippen LogP contribution in [-0.2, 0) is 16.1 Å². The van der Waals surface area contributed by atoms with Crippen LogP contribution in [0.5, 0.6) is 0 Å². The van der Waals surface area contributed by atoms with E-state index in [0.29, 0.717) is 26.3 Å². The summed E-state index contributed by atoms with van der Waals surface area (Å²) in [6.07, 6.45) is 1.64. The molecule has 0 saturated carbocycles. The number of aromatic carboxylic acids is 1. The van der Waals surface area contributed by atoms with E-state index in [4.69, 9.17) is 4.74 Å². The fourth-order valence-corrected chi connectivity index (χ4v) is 3.62. The smallest absolute Gasteiger partial charge is 0.336 e. The van der Waals surface area contributed by atoms with Gasteiger partial charge in [0, 0.05) is 32.0 Å². The first kappa shape index (κ1) is 23.1. The van der Waals surface area contributed by atoms with Gasteiger partial charge >= 0.3 is 5.97 Å². The fourth-order valence-electron chi connectivity index (χ4n) is 3.62. The van der Waals surface area contributed by atoms with Gasteiger partial charge < -0.3 is 20.1 Å². The van der Waals surface area contributed by atoms with Crippen molar-refractivity contribution in [3.63, 3.8) is 0 Å². The van der Waals surface area contributed by atoms with Gasteiger partial charge in [0.05, 0.1) is 11.1 Å². The minimum atomic E-state index is -1.32. The summed E-state index contributed by atoms with van der Waals surface area (Å²) in [5.74, 6) is -3.78. The van der Waals surface area contributed by atoms with E-state index in [-0.39, 0.29) is 22.7 Å². The van der Waals surface area contributed by atoms with Crippen LogP contribution in [0.3, 0.4) is 0 Å². The number of nitrogens with one attached hydrogen (secondary N) is 1. The summed E-state index contributed by atoms with van der Waals surface area (Å²) in [4.78, 5) is 38.5. The second-order valence-corrected chi connectivity index (χ2v) is 7.65. The van der Waals surface area contributed by atoms with Crippen molar-refractivity contribution < 1.29 is 28.6 Å². The Bertz CT molecular complexity index is 1000. The zero-order chi connectivity index (χ0) is 23.1. The number of amides is 2. The molecular weight excluding hydrogens is 415 g/mol. The van der Waals surface area contributed by atoms with E-state index in [1.54, 1.807) is 4.90 Å². The standard InChI is InChI=1S/C24H25FN2O5/c1-16(25)22(28)26-19-7-8-20(21(13-19)24(30)31)23(29)27(14-17-5-3-2-4-6-17)15-18-9-11-32-12-10-18/h2-8,13,18H,1,9-12,14-15H2,(H,26,28)(H,30,31). The SMILES string of the molecule is C=C(F)C(=O)Nc1ccc(C(=O)N(Cc2ccccc2)CC2CCOCC2)c(C(=O)O)c1. The van der Waals surface area contributed by atoms with Crippen LogP contribution in [-0.4, -0.2) is 47.5 Å². The lowest BCUT2D eigenvalue weighted by molar-refractivity contribution is -0.114. The van der Waals surface area contributed by atoms with Crippen molar-refractivity contribution in [2.24, 2.45) is 5.92 Å². The first-order valence-corrected chi connectivity index (χ1v) is 10.3. The molecule has 0 aromatic heterocycles. The number of carbonyl (C=O) groups is 3. The van der Waals surface area contributed by atoms with E-state index < -0.39 is 23.6 Å². The van der Waals surface area contributed by atoms with Crippen molar-refractivity contribution in [3.8, 4) is 0 Å². The zero-order valence-electron chi connectivity index (χ0n) is 17.6. The molecule has 0 bridgehead atoms. The first-order chi connectivity index (χ1) is 15.3. The molecular formula is C24H25FN2O5. The van der Waals surface area contributed by atoms with Crippen molar-refractivity contribution in [1.29, 1.82) is 0 Å². The second-order valence-electron chi connectivity index (χ2n) is 7.65. The molecule has 2 N–H and O–H groups in total. The van der Waals surface area contributed by atoms with Gasteiger partial charge in [-0.15, -0.1) is 0 Å². The van der Waals surface area contributed by atoms with Gasteiger partial charge in [-0.05, 0) is 42.5 Å². The number of benzene rings is 2. The van der Waals surface area contributed by atoms with E-state index in [1.807, 2.05) is 30.3 Å². The summed E-state index contributed by atoms with van der Waals surface area (Å²) >= 11 is 0. The van der Waals surface area contributed by atoms with Crippen LogP contribution in [0, 0.1) is 5.92 Å². The molecule has 0 radical (unpaired) electrons. The Balaban J connectivity index is 1.90. The third kappa shape index (κ3) is 6.01. The summed E-state index contributed by atoms with van der Waals surface area (Å²) in [6.45, 7) is 4.97. The second kappa shape index (κ2) is 10.7. The van der Waals surface area contributed by atoms with Crippen molar-refractivity contribution in [3.05, 3.63) is 77.6 Å². The molecule has 0 spiro atoms. The van der Waals surface area contributed by atoms with Crippen molar-refractivity contribution in [1.82, 2.24) is 4.90 Å². The molecule has 1 heterocycles. The molecule has 1 saturated heterocycles. The minimum Gasteiger partial charge on any atom is -0.478 e. The Kier molecular flexibility index (Phi) is 7.72. The van der Waals surface area contributed by atoms with Gasteiger partial charge in [0.25, 0.3) is 11.8 Å². The van der Waals surface area contributed by atoms with Crippen molar-refractivity contribution in [2.45, 2.75) is 19.4 Å². The number of carbonyl (C=O) groups excluding carboxylic acids is 2. The van der Waals surface area contributed by atoms with Gasteiger partial charge in [0.2, 0.25) is 0 Å². The largest absolute Gasteiger partial charge is 0.478 e. The fraction of sp³-hybridized carbons (Fsp3) is 0.292. The molecule has 32 heavy (non-hydrogen) atoms. The number of ether oxygens (including phenoxy) is 1. The van der Waals surface area contributed by atoms with Gasteiger partial charge in [-0.2, -0.15) is 0 Å². The summed E-state index contributed by atoms with van der Waals surface area (Å²) in [5, 5.41) is 11.9. The summed E-state index contributed by atoms with van der Waals surface area (Å²) in [7, 11) is 0. The highest BCUT2D eigenvalue weighted by molar-refractivity contribution is 6.07. The van der Waals surface area contributed by atoms with Crippen LogP contribution in [0.25, 0.3) is 0 Å². The molecule has 2 aromatic carbocycles. The Morgan fingerprint density at radius 3 is 2.41 bits per heavy atom. The highest BCUT2D eigenvalue weighted by Gasteiger charge is 2.26. The highest BCUT2D eigenvalue weighted by atomic mass is 19.1. The van der Waals surface area contributed by atoms with E-state index >= 15 is 0 Å². The molecule has 0 unspecified atom stereocenters. The molecule has 2 amide bonds. The van der Waals surface area contributed by atoms with Crippen LogP contribution < -0.4 is 5.32 Å². The number of rotatable bonds is 8. The van der Waals surface area contributed by atoms with Crippen LogP contribution in [0.2, 0.25) is 0 Å². The average Bonchev–Trinajstić information content (AvgIpc) is 2.79. The maximum atomic E-state index is 13.5. The predicted octanol–water partition coefficient (Wildman–Crippen LogP) is 3.88. The highest BCUT2D eigenvalue weighted by Crippen LogP contribution is 2.23. The van der Waals surface area contributed by atoms with Gasteiger partial charge in [-0.3, -0.25) is 9.59 Å². The summed E-state index contributed by atoms with van der Waals surface area (Å²) in [5.41, 5.74) is 0.705. The maximum absolute atomic E-state index is 13.5. The lowest BCUT2D eigenvalue weighted by atomic mass is 9.98. The van der Waals surface area contributed by atoms with Gasteiger partial charge in [0.15, 0.2) is 5.83 Å². The average molecular weight is 440 g/mol. The molecule has 1 aliphatic rings. The maximum Gasteiger partial charge on any atom is 0.336 e. The van der Waals surface area contributed by atoms with Crippen LogP contribution in [0.1, 0.15) is 39.1 Å². The van der Waals surface area contributed by atoms with Gasteiger partial charge in [-0.25, -0.2) is 9.18 Å². The number of anilines is 1. The molecule has 3 rings (SSSR count). The number of carboxylic acid groups (broad SMARTS) is 1. The zero-order valence-corrected chi connectivity index (χ0v) is 17.6. The van der Waals surface area contributed by atoms with Crippen LogP contribution in [0.15, 0.2) is 60.9 Å². The Morgan fingerprint density at radius 2 is 1.78 bits per heavy atom. The molecule has 0 atom stereocenters. The normalized spacial score (nSPS) is 13.9. The van der Waals surface area contributed by atoms with Crippen molar-refractivity contribution >= 4 is 23.5 Å². The van der Waals surface area contributed by atoms with Crippen molar-refractivity contribution in [2.75, 3.05) is 25.1 Å². The number of carboxylic acids is 1. The van der Waals surface area contributed by atoms with Gasteiger partial charge in [-0.1, -0.05) is 36.9 Å². The number of hydrogen-bond acceptors (Lipinski definition) is 4. The van der Waals surface area contributed by atoms with E-state index in [1.165, 1.54) is 12.1 Å². The lowest BCUT2D eigenvalue weighted by Gasteiger charge is -2.30. The Morgan fingerprint density at radius 1 is 1.09 bits per heavy atom. The minimum absolute atomic E-state index is 0.00226. The van der Waals surface area contributed by atoms with E-state index in [2.05, 4.69) is 11.9 Å². The quantitative estimate of drug-likeness (QED) is 0.608. The molecule has 7 nitrogen and oxygen atoms in total. The number of nitrogens with zero attached hydrogens (tertiary/aromatic N) is 1. The number of halogens is 1. The summed E-state index contributed by atoms with van der Waals surface area (Å²) < 4.78 is 18.4. The lowest BCUT2D eigenvalue weighted by Crippen LogP contribution is -2.37. The topological polar surface area (TPSA) is 95.9 Å². The monoisotopic (exact) mass is 440 g/mol. The Hall–Kier alpha value is -3.52. The molecule has 2 aromatic rings. The van der Waals surface area contributed by atoms with E-state index in [9.17, 15) is 23.9 Å².